The van der Waals surface area contributed by atoms with Crippen LogP contribution in [0.5, 0.6) is 0 Å². The zero-order chi connectivity index (χ0) is 14.8. The molecule has 0 aliphatic heterocycles. The van der Waals surface area contributed by atoms with Crippen molar-refractivity contribution in [2.45, 2.75) is 39.0 Å². The molecule has 20 heavy (non-hydrogen) atoms. The molecule has 1 rings (SSSR count). The lowest BCUT2D eigenvalue weighted by molar-refractivity contribution is -0.116. The van der Waals surface area contributed by atoms with Gasteiger partial charge in [0.25, 0.3) is 0 Å². The summed E-state index contributed by atoms with van der Waals surface area (Å²) in [5.74, 6) is -0.0773. The van der Waals surface area contributed by atoms with Gasteiger partial charge in [-0.1, -0.05) is 61.9 Å². The highest BCUT2D eigenvalue weighted by Gasteiger charge is 1.98. The average Bonchev–Trinajstić information content (AvgIpc) is 2.44. The molecule has 0 unspecified atom stereocenters. The van der Waals surface area contributed by atoms with Crippen LogP contribution in [0.2, 0.25) is 10.0 Å². The van der Waals surface area contributed by atoms with Crippen LogP contribution in [0.3, 0.4) is 0 Å². The van der Waals surface area contributed by atoms with Crippen molar-refractivity contribution in [1.29, 1.82) is 0 Å². The zero-order valence-corrected chi connectivity index (χ0v) is 13.3. The molecule has 1 amide bonds. The summed E-state index contributed by atoms with van der Waals surface area (Å²) in [6.07, 6.45) is 9.20. The van der Waals surface area contributed by atoms with Gasteiger partial charge in [-0.25, -0.2) is 0 Å². The van der Waals surface area contributed by atoms with Crippen LogP contribution < -0.4 is 5.32 Å². The number of halogens is 2. The molecule has 0 aliphatic carbocycles. The summed E-state index contributed by atoms with van der Waals surface area (Å²) in [5, 5.41) is 3.88. The summed E-state index contributed by atoms with van der Waals surface area (Å²) in [6.45, 7) is 2.92. The van der Waals surface area contributed by atoms with E-state index < -0.39 is 0 Å². The Labute approximate surface area is 131 Å². The molecule has 1 aromatic carbocycles. The van der Waals surface area contributed by atoms with Crippen molar-refractivity contribution in [2.24, 2.45) is 0 Å². The van der Waals surface area contributed by atoms with Gasteiger partial charge in [0.15, 0.2) is 0 Å². The van der Waals surface area contributed by atoms with E-state index in [1.54, 1.807) is 18.2 Å². The second-order valence-electron chi connectivity index (χ2n) is 4.71. The van der Waals surface area contributed by atoms with Crippen LogP contribution in [0.25, 0.3) is 6.08 Å². The molecule has 0 heterocycles. The minimum absolute atomic E-state index is 0.0773. The fourth-order valence-electron chi connectivity index (χ4n) is 1.79. The lowest BCUT2D eigenvalue weighted by atomic mass is 10.1. The first kappa shape index (κ1) is 17.1. The highest BCUT2D eigenvalue weighted by atomic mass is 35.5. The fraction of sp³-hybridized carbons (Fsp3) is 0.438. The standard InChI is InChI=1S/C16H21Cl2NO/c1-2-3-4-5-6-11-19-16(20)10-8-13-7-9-14(17)15(18)12-13/h7-10,12H,2-6,11H2,1H3,(H,19,20)/b10-8+. The van der Waals surface area contributed by atoms with Gasteiger partial charge in [-0.15, -0.1) is 0 Å². The van der Waals surface area contributed by atoms with Crippen molar-refractivity contribution in [3.05, 3.63) is 39.9 Å². The molecule has 0 spiro atoms. The molecule has 0 atom stereocenters. The quantitative estimate of drug-likeness (QED) is 0.525. The third-order valence-electron chi connectivity index (χ3n) is 2.95. The largest absolute Gasteiger partial charge is 0.353 e. The Morgan fingerprint density at radius 1 is 1.15 bits per heavy atom. The van der Waals surface area contributed by atoms with E-state index in [0.29, 0.717) is 10.0 Å². The van der Waals surface area contributed by atoms with Gasteiger partial charge in [-0.05, 0) is 30.2 Å². The molecule has 0 saturated carbocycles. The van der Waals surface area contributed by atoms with Gasteiger partial charge in [0, 0.05) is 12.6 Å². The monoisotopic (exact) mass is 313 g/mol. The molecule has 0 bridgehead atoms. The van der Waals surface area contributed by atoms with Crippen molar-refractivity contribution in [1.82, 2.24) is 5.32 Å². The van der Waals surface area contributed by atoms with E-state index in [1.165, 1.54) is 31.8 Å². The van der Waals surface area contributed by atoms with E-state index in [-0.39, 0.29) is 5.91 Å². The number of amides is 1. The summed E-state index contributed by atoms with van der Waals surface area (Å²) >= 11 is 11.7. The number of carbonyl (C=O) groups is 1. The smallest absolute Gasteiger partial charge is 0.243 e. The molecule has 0 fully saturated rings. The van der Waals surface area contributed by atoms with Crippen molar-refractivity contribution in [3.63, 3.8) is 0 Å². The van der Waals surface area contributed by atoms with Gasteiger partial charge in [-0.3, -0.25) is 4.79 Å². The predicted molar refractivity (Wildman–Crippen MR) is 87.3 cm³/mol. The number of hydrogen-bond donors (Lipinski definition) is 1. The van der Waals surface area contributed by atoms with Gasteiger partial charge in [0.1, 0.15) is 0 Å². The normalized spacial score (nSPS) is 10.9. The van der Waals surface area contributed by atoms with Crippen LogP contribution in [0.1, 0.15) is 44.6 Å². The SMILES string of the molecule is CCCCCCCNC(=O)/C=C/c1ccc(Cl)c(Cl)c1. The first-order valence-electron chi connectivity index (χ1n) is 7.04. The number of rotatable bonds is 8. The van der Waals surface area contributed by atoms with Crippen LogP contribution in [0, 0.1) is 0 Å². The van der Waals surface area contributed by atoms with Gasteiger partial charge in [-0.2, -0.15) is 0 Å². The summed E-state index contributed by atoms with van der Waals surface area (Å²) in [7, 11) is 0. The molecule has 0 radical (unpaired) electrons. The van der Waals surface area contributed by atoms with Crippen LogP contribution in [0.4, 0.5) is 0 Å². The summed E-state index contributed by atoms with van der Waals surface area (Å²) < 4.78 is 0. The van der Waals surface area contributed by atoms with Crippen molar-refractivity contribution in [3.8, 4) is 0 Å². The van der Waals surface area contributed by atoms with Crippen LogP contribution in [-0.2, 0) is 4.79 Å². The molecule has 0 saturated heterocycles. The third-order valence-corrected chi connectivity index (χ3v) is 3.69. The summed E-state index contributed by atoms with van der Waals surface area (Å²) in [4.78, 5) is 11.6. The first-order valence-corrected chi connectivity index (χ1v) is 7.80. The number of nitrogens with one attached hydrogen (secondary N) is 1. The summed E-state index contributed by atoms with van der Waals surface area (Å²) in [6, 6.07) is 5.27. The van der Waals surface area contributed by atoms with E-state index in [9.17, 15) is 4.79 Å². The average molecular weight is 314 g/mol. The maximum atomic E-state index is 11.6. The maximum absolute atomic E-state index is 11.6. The molecule has 1 N–H and O–H groups in total. The van der Waals surface area contributed by atoms with Gasteiger partial charge >= 0.3 is 0 Å². The second-order valence-corrected chi connectivity index (χ2v) is 5.53. The van der Waals surface area contributed by atoms with Crippen LogP contribution in [0.15, 0.2) is 24.3 Å². The topological polar surface area (TPSA) is 29.1 Å². The molecule has 0 aromatic heterocycles. The Kier molecular flexibility index (Phi) is 8.40. The maximum Gasteiger partial charge on any atom is 0.243 e. The minimum atomic E-state index is -0.0773. The number of benzene rings is 1. The Morgan fingerprint density at radius 3 is 2.60 bits per heavy atom. The molecule has 110 valence electrons. The molecular formula is C16H21Cl2NO. The Balaban J connectivity index is 2.27. The molecule has 0 aliphatic rings. The van der Waals surface area contributed by atoms with E-state index >= 15 is 0 Å². The van der Waals surface area contributed by atoms with Crippen molar-refractivity contribution >= 4 is 35.2 Å². The second kappa shape index (κ2) is 9.84. The molecule has 4 heteroatoms. The van der Waals surface area contributed by atoms with Gasteiger partial charge in [0.05, 0.1) is 10.0 Å². The van der Waals surface area contributed by atoms with Crippen LogP contribution in [-0.4, -0.2) is 12.5 Å². The van der Waals surface area contributed by atoms with E-state index in [2.05, 4.69) is 12.2 Å². The van der Waals surface area contributed by atoms with Crippen LogP contribution >= 0.6 is 23.2 Å². The van der Waals surface area contributed by atoms with E-state index in [4.69, 9.17) is 23.2 Å². The Bertz CT molecular complexity index is 458. The van der Waals surface area contributed by atoms with E-state index in [1.807, 2.05) is 6.07 Å². The first-order chi connectivity index (χ1) is 9.63. The summed E-state index contributed by atoms with van der Waals surface area (Å²) in [5.41, 5.74) is 0.859. The number of unbranched alkanes of at least 4 members (excludes halogenated alkanes) is 4. The Hall–Kier alpha value is -0.990. The number of hydrogen-bond acceptors (Lipinski definition) is 1. The van der Waals surface area contributed by atoms with Gasteiger partial charge in [0.2, 0.25) is 5.91 Å². The highest BCUT2D eigenvalue weighted by Crippen LogP contribution is 2.22. The predicted octanol–water partition coefficient (Wildman–Crippen LogP) is 5.09. The highest BCUT2D eigenvalue weighted by molar-refractivity contribution is 6.42. The molecular weight excluding hydrogens is 293 g/mol. The fourth-order valence-corrected chi connectivity index (χ4v) is 2.09. The third kappa shape index (κ3) is 6.97. The number of carbonyl (C=O) groups excluding carboxylic acids is 1. The minimum Gasteiger partial charge on any atom is -0.353 e. The molecule has 2 nitrogen and oxygen atoms in total. The molecule has 1 aromatic rings. The lowest BCUT2D eigenvalue weighted by Crippen LogP contribution is -2.21. The van der Waals surface area contributed by atoms with Crippen molar-refractivity contribution in [2.75, 3.05) is 6.54 Å². The van der Waals surface area contributed by atoms with E-state index in [0.717, 1.165) is 18.5 Å². The Morgan fingerprint density at radius 2 is 1.90 bits per heavy atom. The van der Waals surface area contributed by atoms with Gasteiger partial charge < -0.3 is 5.32 Å². The van der Waals surface area contributed by atoms with Crippen molar-refractivity contribution < 1.29 is 4.79 Å². The lowest BCUT2D eigenvalue weighted by Gasteiger charge is -2.02. The zero-order valence-electron chi connectivity index (χ0n) is 11.8.